The highest BCUT2D eigenvalue weighted by molar-refractivity contribution is 5.87. The summed E-state index contributed by atoms with van der Waals surface area (Å²) in [6, 6.07) is 0. The van der Waals surface area contributed by atoms with Gasteiger partial charge in [0.05, 0.1) is 18.9 Å². The standard InChI is InChI=1S/C9H16O3/c1-3-4-5-6-8(7-10)9(11)12-2/h7,10H,3-6H2,1-2H3/b8-7-. The number of rotatable bonds is 5. The van der Waals surface area contributed by atoms with Gasteiger partial charge in [0.15, 0.2) is 0 Å². The molecule has 0 atom stereocenters. The smallest absolute Gasteiger partial charge is 0.336 e. The minimum absolute atomic E-state index is 0.353. The molecule has 0 rings (SSSR count). The van der Waals surface area contributed by atoms with Crippen LogP contribution in [0.2, 0.25) is 0 Å². The molecule has 12 heavy (non-hydrogen) atoms. The molecule has 70 valence electrons. The molecular formula is C9H16O3. The highest BCUT2D eigenvalue weighted by Crippen LogP contribution is 2.09. The summed E-state index contributed by atoms with van der Waals surface area (Å²) < 4.78 is 4.47. The molecular weight excluding hydrogens is 156 g/mol. The van der Waals surface area contributed by atoms with Gasteiger partial charge in [-0.1, -0.05) is 19.8 Å². The SMILES string of the molecule is CCCCC/C(=C/O)C(=O)OC. The lowest BCUT2D eigenvalue weighted by atomic mass is 10.1. The minimum atomic E-state index is -0.436. The number of esters is 1. The molecule has 0 aromatic rings. The van der Waals surface area contributed by atoms with E-state index in [1.807, 2.05) is 0 Å². The van der Waals surface area contributed by atoms with Crippen molar-refractivity contribution >= 4 is 5.97 Å². The Kier molecular flexibility index (Phi) is 6.15. The van der Waals surface area contributed by atoms with E-state index in [2.05, 4.69) is 11.7 Å². The van der Waals surface area contributed by atoms with Crippen LogP contribution in [0.25, 0.3) is 0 Å². The molecule has 0 aliphatic carbocycles. The van der Waals surface area contributed by atoms with E-state index >= 15 is 0 Å². The van der Waals surface area contributed by atoms with Crippen LogP contribution in [-0.4, -0.2) is 18.2 Å². The van der Waals surface area contributed by atoms with Gasteiger partial charge >= 0.3 is 5.97 Å². The lowest BCUT2D eigenvalue weighted by Gasteiger charge is -2.02. The van der Waals surface area contributed by atoms with E-state index in [1.165, 1.54) is 7.11 Å². The summed E-state index contributed by atoms with van der Waals surface area (Å²) in [7, 11) is 1.31. The van der Waals surface area contributed by atoms with E-state index in [0.29, 0.717) is 12.0 Å². The molecule has 0 saturated heterocycles. The largest absolute Gasteiger partial charge is 0.515 e. The molecule has 3 heteroatoms. The van der Waals surface area contributed by atoms with Crippen LogP contribution in [0.3, 0.4) is 0 Å². The van der Waals surface area contributed by atoms with Gasteiger partial charge in [0.25, 0.3) is 0 Å². The Bertz CT molecular complexity index is 161. The van der Waals surface area contributed by atoms with Crippen molar-refractivity contribution in [1.29, 1.82) is 0 Å². The third-order valence-electron chi connectivity index (χ3n) is 1.65. The molecule has 0 unspecified atom stereocenters. The van der Waals surface area contributed by atoms with Crippen molar-refractivity contribution in [1.82, 2.24) is 0 Å². The molecule has 0 fully saturated rings. The quantitative estimate of drug-likeness (QED) is 0.299. The highest BCUT2D eigenvalue weighted by Gasteiger charge is 2.08. The first-order valence-corrected chi connectivity index (χ1v) is 4.17. The fourth-order valence-corrected chi connectivity index (χ4v) is 0.916. The van der Waals surface area contributed by atoms with Gasteiger partial charge in [-0.2, -0.15) is 0 Å². The second-order valence-corrected chi connectivity index (χ2v) is 2.60. The van der Waals surface area contributed by atoms with Gasteiger partial charge in [0, 0.05) is 0 Å². The first-order chi connectivity index (χ1) is 5.76. The molecule has 1 N–H and O–H groups in total. The average Bonchev–Trinajstić information content (AvgIpc) is 2.11. The van der Waals surface area contributed by atoms with Gasteiger partial charge in [-0.3, -0.25) is 0 Å². The number of hydrogen-bond donors (Lipinski definition) is 1. The second-order valence-electron chi connectivity index (χ2n) is 2.60. The first-order valence-electron chi connectivity index (χ1n) is 4.17. The summed E-state index contributed by atoms with van der Waals surface area (Å²) >= 11 is 0. The summed E-state index contributed by atoms with van der Waals surface area (Å²) in [6.45, 7) is 2.08. The molecule has 0 aliphatic heterocycles. The molecule has 0 spiro atoms. The molecule has 0 radical (unpaired) electrons. The molecule has 0 aromatic heterocycles. The Morgan fingerprint density at radius 1 is 1.50 bits per heavy atom. The molecule has 3 nitrogen and oxygen atoms in total. The zero-order valence-corrected chi connectivity index (χ0v) is 7.67. The van der Waals surface area contributed by atoms with Crippen LogP contribution in [-0.2, 0) is 9.53 Å². The van der Waals surface area contributed by atoms with Crippen molar-refractivity contribution in [2.45, 2.75) is 32.6 Å². The van der Waals surface area contributed by atoms with Crippen LogP contribution in [0.4, 0.5) is 0 Å². The van der Waals surface area contributed by atoms with Crippen molar-refractivity contribution in [2.24, 2.45) is 0 Å². The second kappa shape index (κ2) is 6.70. The highest BCUT2D eigenvalue weighted by atomic mass is 16.5. The van der Waals surface area contributed by atoms with Crippen LogP contribution in [0.5, 0.6) is 0 Å². The lowest BCUT2D eigenvalue weighted by molar-refractivity contribution is -0.136. The Hall–Kier alpha value is -0.990. The van der Waals surface area contributed by atoms with Gasteiger partial charge in [-0.25, -0.2) is 4.79 Å². The fraction of sp³-hybridized carbons (Fsp3) is 0.667. The summed E-state index contributed by atoms with van der Waals surface area (Å²) in [5.74, 6) is -0.436. The number of unbranched alkanes of at least 4 members (excludes halogenated alkanes) is 2. The molecule has 0 aromatic carbocycles. The first kappa shape index (κ1) is 11.0. The lowest BCUT2D eigenvalue weighted by Crippen LogP contribution is -2.04. The maximum absolute atomic E-state index is 10.9. The summed E-state index contributed by atoms with van der Waals surface area (Å²) in [4.78, 5) is 10.9. The number of aliphatic hydroxyl groups excluding tert-OH is 1. The van der Waals surface area contributed by atoms with E-state index in [-0.39, 0.29) is 0 Å². The van der Waals surface area contributed by atoms with Crippen molar-refractivity contribution in [3.63, 3.8) is 0 Å². The van der Waals surface area contributed by atoms with E-state index < -0.39 is 5.97 Å². The number of ether oxygens (including phenoxy) is 1. The van der Waals surface area contributed by atoms with E-state index in [9.17, 15) is 4.79 Å². The fourth-order valence-electron chi connectivity index (χ4n) is 0.916. The predicted molar refractivity (Wildman–Crippen MR) is 46.9 cm³/mol. The summed E-state index contributed by atoms with van der Waals surface area (Å²) in [5.41, 5.74) is 0.353. The molecule has 0 bridgehead atoms. The van der Waals surface area contributed by atoms with Crippen LogP contribution >= 0.6 is 0 Å². The van der Waals surface area contributed by atoms with Gasteiger partial charge in [0.1, 0.15) is 0 Å². The van der Waals surface area contributed by atoms with Crippen LogP contribution in [0.1, 0.15) is 32.6 Å². The Morgan fingerprint density at radius 3 is 2.58 bits per heavy atom. The average molecular weight is 172 g/mol. The topological polar surface area (TPSA) is 46.5 Å². The molecule has 0 heterocycles. The maximum atomic E-state index is 10.9. The maximum Gasteiger partial charge on any atom is 0.336 e. The van der Waals surface area contributed by atoms with Gasteiger partial charge in [-0.15, -0.1) is 0 Å². The predicted octanol–water partition coefficient (Wildman–Crippen LogP) is 2.18. The Balaban J connectivity index is 3.77. The molecule has 0 saturated carbocycles. The third kappa shape index (κ3) is 4.01. The van der Waals surface area contributed by atoms with Crippen LogP contribution < -0.4 is 0 Å². The molecule has 0 aliphatic rings. The van der Waals surface area contributed by atoms with E-state index in [4.69, 9.17) is 5.11 Å². The van der Waals surface area contributed by atoms with Crippen molar-refractivity contribution < 1.29 is 14.6 Å². The van der Waals surface area contributed by atoms with Crippen molar-refractivity contribution in [2.75, 3.05) is 7.11 Å². The van der Waals surface area contributed by atoms with E-state index in [0.717, 1.165) is 25.5 Å². The van der Waals surface area contributed by atoms with Crippen LogP contribution in [0, 0.1) is 0 Å². The zero-order chi connectivity index (χ0) is 9.40. The Labute approximate surface area is 73.0 Å². The van der Waals surface area contributed by atoms with Gasteiger partial charge < -0.3 is 9.84 Å². The summed E-state index contributed by atoms with van der Waals surface area (Å²) in [6.07, 6.45) is 4.50. The minimum Gasteiger partial charge on any atom is -0.515 e. The summed E-state index contributed by atoms with van der Waals surface area (Å²) in [5, 5.41) is 8.66. The zero-order valence-electron chi connectivity index (χ0n) is 7.67. The number of methoxy groups -OCH3 is 1. The normalized spacial score (nSPS) is 11.3. The number of aliphatic hydroxyl groups is 1. The van der Waals surface area contributed by atoms with Gasteiger partial charge in [0.2, 0.25) is 0 Å². The van der Waals surface area contributed by atoms with Crippen molar-refractivity contribution in [3.8, 4) is 0 Å². The van der Waals surface area contributed by atoms with Gasteiger partial charge in [-0.05, 0) is 12.8 Å². The monoisotopic (exact) mass is 172 g/mol. The molecule has 0 amide bonds. The number of carbonyl (C=O) groups is 1. The number of carbonyl (C=O) groups excluding carboxylic acids is 1. The van der Waals surface area contributed by atoms with Crippen molar-refractivity contribution in [3.05, 3.63) is 11.8 Å². The van der Waals surface area contributed by atoms with E-state index in [1.54, 1.807) is 0 Å². The number of hydrogen-bond acceptors (Lipinski definition) is 3. The Morgan fingerprint density at radius 2 is 2.17 bits per heavy atom. The van der Waals surface area contributed by atoms with Crippen LogP contribution in [0.15, 0.2) is 11.8 Å². The third-order valence-corrected chi connectivity index (χ3v) is 1.65.